The fourth-order valence-corrected chi connectivity index (χ4v) is 28.8. The van der Waals surface area contributed by atoms with Crippen LogP contribution in [0.1, 0.15) is 16.7 Å². The van der Waals surface area contributed by atoms with Crippen LogP contribution in [-0.4, -0.2) is 49.4 Å². The van der Waals surface area contributed by atoms with Gasteiger partial charge in [0, 0.05) is 0 Å². The van der Waals surface area contributed by atoms with Crippen LogP contribution in [0.3, 0.4) is 0 Å². The summed E-state index contributed by atoms with van der Waals surface area (Å²) in [5.41, 5.74) is 3.97. The molecular formula is C39H78N3RbSi6Zn. The van der Waals surface area contributed by atoms with E-state index in [-0.39, 0.29) is 77.7 Å². The number of rotatable bonds is 6. The molecule has 0 aromatic heterocycles. The zero-order chi connectivity index (χ0) is 38.5. The van der Waals surface area contributed by atoms with Crippen molar-refractivity contribution in [1.82, 2.24) is 0 Å². The Morgan fingerprint density at radius 3 is 0.440 bits per heavy atom. The van der Waals surface area contributed by atoms with Crippen molar-refractivity contribution in [1.29, 1.82) is 0 Å². The van der Waals surface area contributed by atoms with Gasteiger partial charge in [0.25, 0.3) is 0 Å². The Kier molecular flexibility index (Phi) is 35.8. The molecule has 0 radical (unpaired) electrons. The van der Waals surface area contributed by atoms with Crippen molar-refractivity contribution in [2.45, 2.75) is 139 Å². The summed E-state index contributed by atoms with van der Waals surface area (Å²) in [6.45, 7) is 47.6. The van der Waals surface area contributed by atoms with Crippen LogP contribution in [0.15, 0.2) is 91.0 Å². The van der Waals surface area contributed by atoms with Gasteiger partial charge in [-0.05, 0) is 20.8 Å². The molecule has 0 aliphatic carbocycles. The summed E-state index contributed by atoms with van der Waals surface area (Å²) >= 11 is 0. The largest absolute Gasteiger partial charge is 2.00 e. The van der Waals surface area contributed by atoms with Gasteiger partial charge in [0.1, 0.15) is 0 Å². The summed E-state index contributed by atoms with van der Waals surface area (Å²) in [5, 5.41) is 0. The molecule has 11 heteroatoms. The third kappa shape index (κ3) is 61.3. The Morgan fingerprint density at radius 2 is 0.400 bits per heavy atom. The molecule has 0 atom stereocenters. The van der Waals surface area contributed by atoms with Crippen molar-refractivity contribution in [2.75, 3.05) is 0 Å². The van der Waals surface area contributed by atoms with Gasteiger partial charge < -0.3 is 13.9 Å². The van der Waals surface area contributed by atoms with E-state index in [1.165, 1.54) is 16.7 Å². The number of aryl methyl sites for hydroxylation is 3. The smallest absolute Gasteiger partial charge is 0.668 e. The summed E-state index contributed by atoms with van der Waals surface area (Å²) in [4.78, 5) is 0. The quantitative estimate of drug-likeness (QED) is 0.221. The maximum Gasteiger partial charge on any atom is 2.00 e. The van der Waals surface area contributed by atoms with Crippen molar-refractivity contribution < 1.29 is 77.7 Å². The van der Waals surface area contributed by atoms with Gasteiger partial charge in [-0.3, -0.25) is 0 Å². The van der Waals surface area contributed by atoms with Gasteiger partial charge in [-0.15, -0.1) is 0 Å². The van der Waals surface area contributed by atoms with E-state index in [9.17, 15) is 0 Å². The Balaban J connectivity index is -0.000000161. The summed E-state index contributed by atoms with van der Waals surface area (Å²) in [5.74, 6) is 0. The first-order chi connectivity index (χ1) is 21.3. The monoisotopic (exact) mass is 905 g/mol. The minimum Gasteiger partial charge on any atom is -0.668 e. The van der Waals surface area contributed by atoms with Gasteiger partial charge in [0.2, 0.25) is 0 Å². The molecule has 0 saturated carbocycles. The van der Waals surface area contributed by atoms with Crippen molar-refractivity contribution in [3.05, 3.63) is 122 Å². The topological polar surface area (TPSA) is 42.3 Å². The van der Waals surface area contributed by atoms with E-state index in [0.717, 1.165) is 0 Å². The summed E-state index contributed by atoms with van der Waals surface area (Å²) < 4.78 is 14.5. The Morgan fingerprint density at radius 1 is 0.280 bits per heavy atom. The maximum absolute atomic E-state index is 4.82. The molecule has 3 aromatic carbocycles. The van der Waals surface area contributed by atoms with Crippen molar-refractivity contribution in [3.63, 3.8) is 0 Å². The summed E-state index contributed by atoms with van der Waals surface area (Å²) in [7, 11) is -6.64. The SMILES string of the molecule is C[Si](C)(C)[N-][Si](C)(C)C.C[Si](C)(C)[N-][Si](C)(C)C.C[Si](C)(C)[N-][Si](C)(C)C.Cc1ccccc1.Cc1ccccc1.Cc1ccccc1.[Rb+].[Zn+2]. The minimum atomic E-state index is -1.11. The van der Waals surface area contributed by atoms with Gasteiger partial charge in [0.15, 0.2) is 0 Å². The molecule has 3 rings (SSSR count). The normalized spacial score (nSPS) is 11.2. The van der Waals surface area contributed by atoms with Crippen LogP contribution in [0.2, 0.25) is 118 Å². The first-order valence-corrected chi connectivity index (χ1v) is 38.3. The first-order valence-electron chi connectivity index (χ1n) is 17.6. The molecule has 0 spiro atoms. The van der Waals surface area contributed by atoms with Crippen LogP contribution < -0.4 is 58.2 Å². The molecule has 0 aliphatic heterocycles. The third-order valence-corrected chi connectivity index (χ3v) is 20.9. The van der Waals surface area contributed by atoms with Crippen LogP contribution >= 0.6 is 0 Å². The average Bonchev–Trinajstić information content (AvgIpc) is 2.81. The minimum absolute atomic E-state index is 0. The first kappa shape index (κ1) is 60.5. The van der Waals surface area contributed by atoms with E-state index in [2.05, 4.69) is 175 Å². The molecule has 0 amide bonds. The van der Waals surface area contributed by atoms with E-state index < -0.39 is 49.4 Å². The molecule has 276 valence electrons. The maximum atomic E-state index is 4.82. The van der Waals surface area contributed by atoms with Crippen LogP contribution in [-0.2, 0) is 19.5 Å². The van der Waals surface area contributed by atoms with E-state index in [0.29, 0.717) is 0 Å². The van der Waals surface area contributed by atoms with Crippen molar-refractivity contribution in [3.8, 4) is 0 Å². The van der Waals surface area contributed by atoms with Crippen LogP contribution in [0.25, 0.3) is 13.9 Å². The number of benzene rings is 3. The second-order valence-corrected chi connectivity index (χ2v) is 47.1. The van der Waals surface area contributed by atoms with E-state index >= 15 is 0 Å². The van der Waals surface area contributed by atoms with Gasteiger partial charge in [-0.25, -0.2) is 0 Å². The molecule has 0 bridgehead atoms. The van der Waals surface area contributed by atoms with Crippen LogP contribution in [0.4, 0.5) is 0 Å². The fourth-order valence-electron chi connectivity index (χ4n) is 4.62. The summed E-state index contributed by atoms with van der Waals surface area (Å²) in [6.07, 6.45) is 0. The Bertz CT molecular complexity index is 978. The number of nitrogens with zero attached hydrogens (tertiary/aromatic N) is 3. The Labute approximate surface area is 382 Å². The predicted molar refractivity (Wildman–Crippen MR) is 244 cm³/mol. The summed E-state index contributed by atoms with van der Waals surface area (Å²) in [6, 6.07) is 30.8. The van der Waals surface area contributed by atoms with Crippen molar-refractivity contribution >= 4 is 49.4 Å². The molecule has 0 N–H and O–H groups in total. The average molecular weight is 908 g/mol. The van der Waals surface area contributed by atoms with Gasteiger partial charge in [0.05, 0.1) is 0 Å². The number of hydrogen-bond donors (Lipinski definition) is 0. The molecule has 0 fully saturated rings. The Hall–Kier alpha value is 1.27. The van der Waals surface area contributed by atoms with E-state index in [1.807, 2.05) is 54.6 Å². The molecule has 0 aliphatic rings. The molecule has 50 heavy (non-hydrogen) atoms. The van der Waals surface area contributed by atoms with Gasteiger partial charge in [-0.2, -0.15) is 0 Å². The van der Waals surface area contributed by atoms with E-state index in [4.69, 9.17) is 13.9 Å². The van der Waals surface area contributed by atoms with Gasteiger partial charge in [-0.1, -0.05) is 275 Å². The molecule has 0 unspecified atom stereocenters. The number of hydrogen-bond acceptors (Lipinski definition) is 0. The predicted octanol–water partition coefficient (Wildman–Crippen LogP) is 12.1. The van der Waals surface area contributed by atoms with Crippen molar-refractivity contribution in [2.24, 2.45) is 0 Å². The molecule has 0 saturated heterocycles. The molecular weight excluding hydrogens is 830 g/mol. The van der Waals surface area contributed by atoms with E-state index in [1.54, 1.807) is 0 Å². The van der Waals surface area contributed by atoms with Crippen LogP contribution in [0, 0.1) is 20.8 Å². The van der Waals surface area contributed by atoms with Crippen LogP contribution in [0.5, 0.6) is 0 Å². The molecule has 3 nitrogen and oxygen atoms in total. The second-order valence-electron chi connectivity index (χ2n) is 18.3. The zero-order valence-electron chi connectivity index (χ0n) is 37.2. The third-order valence-electron chi connectivity index (χ3n) is 4.83. The fraction of sp³-hybridized carbons (Fsp3) is 0.538. The second kappa shape index (κ2) is 29.5. The molecule has 3 aromatic rings. The standard InChI is InChI=1S/3C7H8.3C6H18NSi2.Rb.Zn/c3*1-7-5-3-2-4-6-7;3*1-8(2,3)7-9(4,5)6;;/h3*2-6H,1H3;3*1-6H3;;/q;;;3*-1;+1;+2. The zero-order valence-corrected chi connectivity index (χ0v) is 51.1. The van der Waals surface area contributed by atoms with Gasteiger partial charge >= 0.3 is 77.7 Å². The molecule has 0 heterocycles.